The highest BCUT2D eigenvalue weighted by Gasteiger charge is 2.54. The van der Waals surface area contributed by atoms with Crippen LogP contribution in [0.25, 0.3) is 0 Å². The summed E-state index contributed by atoms with van der Waals surface area (Å²) in [6, 6.07) is 0.511. The number of nitrogens with zero attached hydrogens (tertiary/aromatic N) is 1. The zero-order valence-corrected chi connectivity index (χ0v) is 11.7. The Balaban J connectivity index is 1.86. The molecule has 2 saturated carbocycles. The van der Waals surface area contributed by atoms with E-state index in [4.69, 9.17) is 0 Å². The Hall–Kier alpha value is -0.570. The summed E-state index contributed by atoms with van der Waals surface area (Å²) in [5, 5.41) is 3.72. The Morgan fingerprint density at radius 1 is 1.17 bits per heavy atom. The smallest absolute Gasteiger partial charge is 0.244 e. The molecule has 3 fully saturated rings. The number of rotatable bonds is 2. The lowest BCUT2D eigenvalue weighted by molar-refractivity contribution is -0.135. The molecule has 1 heterocycles. The van der Waals surface area contributed by atoms with Gasteiger partial charge in [0.15, 0.2) is 0 Å². The molecule has 3 aliphatic rings. The summed E-state index contributed by atoms with van der Waals surface area (Å²) in [4.78, 5) is 15.1. The van der Waals surface area contributed by atoms with E-state index in [9.17, 15) is 4.79 Å². The quantitative estimate of drug-likeness (QED) is 0.817. The number of carbonyl (C=O) groups excluding carboxylic acids is 1. The van der Waals surface area contributed by atoms with Gasteiger partial charge in [-0.15, -0.1) is 0 Å². The van der Waals surface area contributed by atoms with E-state index in [1.807, 2.05) is 0 Å². The molecule has 3 nitrogen and oxygen atoms in total. The van der Waals surface area contributed by atoms with Gasteiger partial charge in [-0.3, -0.25) is 10.1 Å². The van der Waals surface area contributed by atoms with Crippen LogP contribution in [-0.2, 0) is 4.79 Å². The Morgan fingerprint density at radius 2 is 1.78 bits per heavy atom. The number of amides is 1. The van der Waals surface area contributed by atoms with Crippen molar-refractivity contribution < 1.29 is 4.79 Å². The first kappa shape index (κ1) is 12.5. The van der Waals surface area contributed by atoms with Gasteiger partial charge in [0, 0.05) is 6.04 Å². The molecule has 0 aromatic rings. The van der Waals surface area contributed by atoms with Crippen molar-refractivity contribution in [1.82, 2.24) is 10.2 Å². The van der Waals surface area contributed by atoms with E-state index in [2.05, 4.69) is 24.1 Å². The monoisotopic (exact) mass is 250 g/mol. The zero-order valence-electron chi connectivity index (χ0n) is 11.7. The minimum atomic E-state index is -0.183. The molecule has 102 valence electrons. The van der Waals surface area contributed by atoms with E-state index >= 15 is 0 Å². The number of carbonyl (C=O) groups is 1. The molecule has 1 N–H and O–H groups in total. The van der Waals surface area contributed by atoms with E-state index in [-0.39, 0.29) is 11.7 Å². The lowest BCUT2D eigenvalue weighted by Crippen LogP contribution is -2.46. The summed E-state index contributed by atoms with van der Waals surface area (Å²) < 4.78 is 0. The second kappa shape index (κ2) is 4.52. The van der Waals surface area contributed by atoms with Crippen molar-refractivity contribution in [3.05, 3.63) is 0 Å². The Morgan fingerprint density at radius 3 is 2.33 bits per heavy atom. The topological polar surface area (TPSA) is 32.3 Å². The normalized spacial score (nSPS) is 32.3. The Labute approximate surface area is 110 Å². The van der Waals surface area contributed by atoms with Crippen molar-refractivity contribution in [3.63, 3.8) is 0 Å². The molecule has 18 heavy (non-hydrogen) atoms. The van der Waals surface area contributed by atoms with Crippen LogP contribution in [0.5, 0.6) is 0 Å². The minimum absolute atomic E-state index is 0.183. The summed E-state index contributed by atoms with van der Waals surface area (Å²) in [7, 11) is 0. The zero-order chi connectivity index (χ0) is 12.8. The van der Waals surface area contributed by atoms with Crippen LogP contribution in [-0.4, -0.2) is 28.6 Å². The fraction of sp³-hybridized carbons (Fsp3) is 0.933. The summed E-state index contributed by atoms with van der Waals surface area (Å²) in [6.07, 6.45) is 9.83. The molecule has 0 aromatic carbocycles. The summed E-state index contributed by atoms with van der Waals surface area (Å²) >= 11 is 0. The maximum absolute atomic E-state index is 12.9. The Bertz CT molecular complexity index is 327. The lowest BCUT2D eigenvalue weighted by Gasteiger charge is -2.32. The van der Waals surface area contributed by atoms with E-state index in [1.165, 1.54) is 38.5 Å². The molecule has 1 aliphatic heterocycles. The van der Waals surface area contributed by atoms with Gasteiger partial charge in [-0.25, -0.2) is 0 Å². The molecule has 2 aliphatic carbocycles. The van der Waals surface area contributed by atoms with Crippen LogP contribution in [0.2, 0.25) is 0 Å². The third-order valence-electron chi connectivity index (χ3n) is 5.17. The molecule has 3 heteroatoms. The first-order valence-electron chi connectivity index (χ1n) is 7.74. The highest BCUT2D eigenvalue weighted by atomic mass is 16.2. The van der Waals surface area contributed by atoms with E-state index in [0.717, 1.165) is 12.8 Å². The third-order valence-corrected chi connectivity index (χ3v) is 5.17. The largest absolute Gasteiger partial charge is 0.322 e. The minimum Gasteiger partial charge on any atom is -0.322 e. The van der Waals surface area contributed by atoms with Gasteiger partial charge in [0.1, 0.15) is 0 Å². The van der Waals surface area contributed by atoms with Crippen molar-refractivity contribution in [2.24, 2.45) is 5.92 Å². The first-order chi connectivity index (χ1) is 8.64. The van der Waals surface area contributed by atoms with Crippen LogP contribution in [0.15, 0.2) is 0 Å². The standard InChI is InChI=1S/C15H26N2O/c1-11(2)13-16-15(9-5-6-10-15)14(18)17(13)12-7-3-4-8-12/h11-13,16H,3-10H2,1-2H3. The maximum Gasteiger partial charge on any atom is 0.244 e. The first-order valence-corrected chi connectivity index (χ1v) is 7.74. The molecule has 0 aromatic heterocycles. The molecule has 0 radical (unpaired) electrons. The van der Waals surface area contributed by atoms with E-state index in [1.54, 1.807) is 0 Å². The predicted molar refractivity (Wildman–Crippen MR) is 72.1 cm³/mol. The second-order valence-corrected chi connectivity index (χ2v) is 6.77. The van der Waals surface area contributed by atoms with Crippen LogP contribution < -0.4 is 5.32 Å². The van der Waals surface area contributed by atoms with Crippen molar-refractivity contribution in [3.8, 4) is 0 Å². The average Bonchev–Trinajstić information content (AvgIpc) is 3.03. The summed E-state index contributed by atoms with van der Waals surface area (Å²) in [5.41, 5.74) is -0.183. The van der Waals surface area contributed by atoms with Gasteiger partial charge < -0.3 is 4.90 Å². The average molecular weight is 250 g/mol. The van der Waals surface area contributed by atoms with Gasteiger partial charge in [-0.1, -0.05) is 39.5 Å². The molecule has 0 bridgehead atoms. The van der Waals surface area contributed by atoms with Crippen LogP contribution in [0.4, 0.5) is 0 Å². The predicted octanol–water partition coefficient (Wildman–Crippen LogP) is 2.66. The molecule has 1 atom stereocenters. The Kier molecular flexibility index (Phi) is 3.13. The molecule has 1 unspecified atom stereocenters. The number of hydrogen-bond donors (Lipinski definition) is 1. The maximum atomic E-state index is 12.9. The summed E-state index contributed by atoms with van der Waals surface area (Å²) in [5.74, 6) is 0.931. The van der Waals surface area contributed by atoms with Gasteiger partial charge >= 0.3 is 0 Å². The van der Waals surface area contributed by atoms with Crippen molar-refractivity contribution >= 4 is 5.91 Å². The van der Waals surface area contributed by atoms with Crippen molar-refractivity contribution in [2.75, 3.05) is 0 Å². The highest BCUT2D eigenvalue weighted by molar-refractivity contribution is 5.89. The van der Waals surface area contributed by atoms with E-state index in [0.29, 0.717) is 17.9 Å². The van der Waals surface area contributed by atoms with Crippen molar-refractivity contribution in [2.45, 2.75) is 83.0 Å². The molecular formula is C15H26N2O. The summed E-state index contributed by atoms with van der Waals surface area (Å²) in [6.45, 7) is 4.47. The molecule has 3 rings (SSSR count). The molecule has 1 amide bonds. The van der Waals surface area contributed by atoms with Gasteiger partial charge in [0.2, 0.25) is 5.91 Å². The fourth-order valence-electron chi connectivity index (χ4n) is 4.19. The molecular weight excluding hydrogens is 224 g/mol. The van der Waals surface area contributed by atoms with Crippen LogP contribution >= 0.6 is 0 Å². The van der Waals surface area contributed by atoms with Crippen molar-refractivity contribution in [1.29, 1.82) is 0 Å². The van der Waals surface area contributed by atoms with Gasteiger partial charge in [-0.05, 0) is 31.6 Å². The third kappa shape index (κ3) is 1.78. The van der Waals surface area contributed by atoms with Crippen LogP contribution in [0, 0.1) is 5.92 Å². The second-order valence-electron chi connectivity index (χ2n) is 6.77. The van der Waals surface area contributed by atoms with E-state index < -0.39 is 0 Å². The van der Waals surface area contributed by atoms with Gasteiger partial charge in [-0.2, -0.15) is 0 Å². The van der Waals surface area contributed by atoms with Gasteiger partial charge in [0.25, 0.3) is 0 Å². The van der Waals surface area contributed by atoms with Crippen LogP contribution in [0.3, 0.4) is 0 Å². The highest BCUT2D eigenvalue weighted by Crippen LogP contribution is 2.40. The SMILES string of the molecule is CC(C)C1NC2(CCCC2)C(=O)N1C1CCCC1. The van der Waals surface area contributed by atoms with Crippen LogP contribution in [0.1, 0.15) is 65.2 Å². The molecule has 1 saturated heterocycles. The lowest BCUT2D eigenvalue weighted by atomic mass is 9.97. The molecule has 1 spiro atoms. The van der Waals surface area contributed by atoms with Gasteiger partial charge in [0.05, 0.1) is 11.7 Å². The fourth-order valence-corrected chi connectivity index (χ4v) is 4.19. The number of hydrogen-bond acceptors (Lipinski definition) is 2. The number of nitrogens with one attached hydrogen (secondary N) is 1.